The standard InChI is InChI=1S/C13H24N4O/c1-10(2)14-8-12-9-15-11(3)16-13(12)17(4)6-7-18-5/h9-10,14H,6-8H2,1-5H3. The van der Waals surface area contributed by atoms with Crippen LogP contribution < -0.4 is 10.2 Å². The van der Waals surface area contributed by atoms with E-state index in [0.29, 0.717) is 12.6 Å². The number of rotatable bonds is 7. The molecule has 102 valence electrons. The lowest BCUT2D eigenvalue weighted by atomic mass is 10.2. The minimum absolute atomic E-state index is 0.448. The average molecular weight is 252 g/mol. The van der Waals surface area contributed by atoms with Crippen LogP contribution in [0, 0.1) is 6.92 Å². The minimum atomic E-state index is 0.448. The molecule has 0 aromatic carbocycles. The summed E-state index contributed by atoms with van der Waals surface area (Å²) < 4.78 is 5.10. The second-order valence-corrected chi connectivity index (χ2v) is 4.72. The highest BCUT2D eigenvalue weighted by molar-refractivity contribution is 5.45. The third-order valence-corrected chi connectivity index (χ3v) is 2.66. The highest BCUT2D eigenvalue weighted by Gasteiger charge is 2.10. The molecule has 0 aliphatic carbocycles. The molecule has 0 fully saturated rings. The maximum absolute atomic E-state index is 5.10. The van der Waals surface area contributed by atoms with E-state index in [4.69, 9.17) is 4.74 Å². The Bertz CT molecular complexity index is 368. The number of likely N-dealkylation sites (N-methyl/N-ethyl adjacent to an activating group) is 1. The zero-order valence-corrected chi connectivity index (χ0v) is 12.0. The van der Waals surface area contributed by atoms with Gasteiger partial charge in [-0.25, -0.2) is 9.97 Å². The van der Waals surface area contributed by atoms with Crippen molar-refractivity contribution < 1.29 is 4.74 Å². The third-order valence-electron chi connectivity index (χ3n) is 2.66. The molecule has 1 heterocycles. The SMILES string of the molecule is COCCN(C)c1nc(C)ncc1CNC(C)C. The fourth-order valence-electron chi connectivity index (χ4n) is 1.59. The first kappa shape index (κ1) is 14.9. The lowest BCUT2D eigenvalue weighted by Gasteiger charge is -2.21. The molecule has 0 atom stereocenters. The number of nitrogens with one attached hydrogen (secondary N) is 1. The van der Waals surface area contributed by atoms with Crippen LogP contribution in [0.2, 0.25) is 0 Å². The number of aryl methyl sites for hydroxylation is 1. The van der Waals surface area contributed by atoms with Crippen molar-refractivity contribution in [3.8, 4) is 0 Å². The van der Waals surface area contributed by atoms with Crippen LogP contribution in [0.4, 0.5) is 5.82 Å². The van der Waals surface area contributed by atoms with Crippen LogP contribution in [-0.4, -0.2) is 43.3 Å². The van der Waals surface area contributed by atoms with Crippen LogP contribution in [0.3, 0.4) is 0 Å². The summed E-state index contributed by atoms with van der Waals surface area (Å²) in [5.41, 5.74) is 1.12. The van der Waals surface area contributed by atoms with E-state index in [2.05, 4.69) is 34.0 Å². The first-order chi connectivity index (χ1) is 8.54. The quantitative estimate of drug-likeness (QED) is 0.794. The summed E-state index contributed by atoms with van der Waals surface area (Å²) in [5.74, 6) is 1.77. The Hall–Kier alpha value is -1.20. The normalized spacial score (nSPS) is 11.0. The van der Waals surface area contributed by atoms with Crippen molar-refractivity contribution in [3.05, 3.63) is 17.6 Å². The van der Waals surface area contributed by atoms with E-state index >= 15 is 0 Å². The van der Waals surface area contributed by atoms with Crippen LogP contribution in [0.5, 0.6) is 0 Å². The highest BCUT2D eigenvalue weighted by Crippen LogP contribution is 2.15. The molecule has 0 saturated heterocycles. The van der Waals surface area contributed by atoms with Gasteiger partial charge in [0, 0.05) is 45.0 Å². The Kier molecular flexibility index (Phi) is 6.01. The molecular weight excluding hydrogens is 228 g/mol. The van der Waals surface area contributed by atoms with Gasteiger partial charge in [0.05, 0.1) is 6.61 Å². The topological polar surface area (TPSA) is 50.3 Å². The molecule has 0 radical (unpaired) electrons. The van der Waals surface area contributed by atoms with Crippen LogP contribution in [0.1, 0.15) is 25.2 Å². The predicted molar refractivity (Wildman–Crippen MR) is 73.9 cm³/mol. The van der Waals surface area contributed by atoms with Gasteiger partial charge in [0.25, 0.3) is 0 Å². The summed E-state index contributed by atoms with van der Waals surface area (Å²) in [7, 11) is 3.74. The van der Waals surface area contributed by atoms with Gasteiger partial charge in [-0.1, -0.05) is 13.8 Å². The van der Waals surface area contributed by atoms with E-state index in [1.807, 2.05) is 20.2 Å². The first-order valence-corrected chi connectivity index (χ1v) is 6.30. The first-order valence-electron chi connectivity index (χ1n) is 6.30. The predicted octanol–water partition coefficient (Wildman–Crippen LogP) is 1.37. The number of aromatic nitrogens is 2. The summed E-state index contributed by atoms with van der Waals surface area (Å²) in [6.45, 7) is 8.46. The lowest BCUT2D eigenvalue weighted by Crippen LogP contribution is -2.28. The Labute approximate surface area is 110 Å². The van der Waals surface area contributed by atoms with Gasteiger partial charge >= 0.3 is 0 Å². The Balaban J connectivity index is 2.81. The fraction of sp³-hybridized carbons (Fsp3) is 0.692. The molecule has 1 N–H and O–H groups in total. The van der Waals surface area contributed by atoms with Crippen LogP contribution >= 0.6 is 0 Å². The second kappa shape index (κ2) is 7.28. The zero-order chi connectivity index (χ0) is 13.5. The molecule has 0 spiro atoms. The average Bonchev–Trinajstić information content (AvgIpc) is 2.34. The molecule has 0 amide bonds. The van der Waals surface area contributed by atoms with E-state index < -0.39 is 0 Å². The number of hydrogen-bond donors (Lipinski definition) is 1. The van der Waals surface area contributed by atoms with Gasteiger partial charge in [-0.2, -0.15) is 0 Å². The molecular formula is C13H24N4O. The van der Waals surface area contributed by atoms with Crippen LogP contribution in [-0.2, 0) is 11.3 Å². The van der Waals surface area contributed by atoms with Gasteiger partial charge in [0.1, 0.15) is 11.6 Å². The maximum Gasteiger partial charge on any atom is 0.136 e. The lowest BCUT2D eigenvalue weighted by molar-refractivity contribution is 0.206. The van der Waals surface area contributed by atoms with Gasteiger partial charge in [0.2, 0.25) is 0 Å². The highest BCUT2D eigenvalue weighted by atomic mass is 16.5. The van der Waals surface area contributed by atoms with E-state index in [-0.39, 0.29) is 0 Å². The van der Waals surface area contributed by atoms with Gasteiger partial charge in [0.15, 0.2) is 0 Å². The minimum Gasteiger partial charge on any atom is -0.383 e. The monoisotopic (exact) mass is 252 g/mol. The molecule has 0 aliphatic heterocycles. The molecule has 0 bridgehead atoms. The zero-order valence-electron chi connectivity index (χ0n) is 12.0. The summed E-state index contributed by atoms with van der Waals surface area (Å²) in [4.78, 5) is 10.9. The number of anilines is 1. The third kappa shape index (κ3) is 4.58. The van der Waals surface area contributed by atoms with Crippen molar-refractivity contribution in [1.82, 2.24) is 15.3 Å². The van der Waals surface area contributed by atoms with E-state index in [0.717, 1.165) is 30.3 Å². The molecule has 0 saturated carbocycles. The van der Waals surface area contributed by atoms with Crippen LogP contribution in [0.25, 0.3) is 0 Å². The molecule has 5 nitrogen and oxygen atoms in total. The van der Waals surface area contributed by atoms with E-state index in [1.165, 1.54) is 0 Å². The number of ether oxygens (including phenoxy) is 1. The van der Waals surface area contributed by atoms with Crippen LogP contribution in [0.15, 0.2) is 6.20 Å². The summed E-state index contributed by atoms with van der Waals surface area (Å²) in [6.07, 6.45) is 1.90. The summed E-state index contributed by atoms with van der Waals surface area (Å²) in [6, 6.07) is 0.448. The van der Waals surface area contributed by atoms with Gasteiger partial charge in [-0.3, -0.25) is 0 Å². The van der Waals surface area contributed by atoms with Crippen molar-refractivity contribution in [2.75, 3.05) is 32.2 Å². The Morgan fingerprint density at radius 1 is 1.44 bits per heavy atom. The number of hydrogen-bond acceptors (Lipinski definition) is 5. The van der Waals surface area contributed by atoms with Crippen molar-refractivity contribution in [2.24, 2.45) is 0 Å². The van der Waals surface area contributed by atoms with Crippen molar-refractivity contribution in [2.45, 2.75) is 33.4 Å². The van der Waals surface area contributed by atoms with Gasteiger partial charge < -0.3 is 15.0 Å². The molecule has 1 aromatic heterocycles. The second-order valence-electron chi connectivity index (χ2n) is 4.72. The molecule has 1 aromatic rings. The summed E-state index contributed by atoms with van der Waals surface area (Å²) in [5, 5.41) is 3.39. The van der Waals surface area contributed by atoms with Crippen molar-refractivity contribution in [3.63, 3.8) is 0 Å². The number of methoxy groups -OCH3 is 1. The fourth-order valence-corrected chi connectivity index (χ4v) is 1.59. The molecule has 5 heteroatoms. The van der Waals surface area contributed by atoms with E-state index in [1.54, 1.807) is 7.11 Å². The maximum atomic E-state index is 5.10. The largest absolute Gasteiger partial charge is 0.383 e. The Morgan fingerprint density at radius 2 is 2.17 bits per heavy atom. The molecule has 0 unspecified atom stereocenters. The van der Waals surface area contributed by atoms with E-state index in [9.17, 15) is 0 Å². The summed E-state index contributed by atoms with van der Waals surface area (Å²) >= 11 is 0. The van der Waals surface area contributed by atoms with Gasteiger partial charge in [-0.15, -0.1) is 0 Å². The van der Waals surface area contributed by atoms with Crippen molar-refractivity contribution >= 4 is 5.82 Å². The van der Waals surface area contributed by atoms with Gasteiger partial charge in [-0.05, 0) is 6.92 Å². The Morgan fingerprint density at radius 3 is 2.78 bits per heavy atom. The van der Waals surface area contributed by atoms with Crippen molar-refractivity contribution in [1.29, 1.82) is 0 Å². The molecule has 0 aliphatic rings. The number of nitrogens with zero attached hydrogens (tertiary/aromatic N) is 3. The smallest absolute Gasteiger partial charge is 0.136 e. The molecule has 18 heavy (non-hydrogen) atoms. The molecule has 1 rings (SSSR count).